The Morgan fingerprint density at radius 3 is 2.45 bits per heavy atom. The lowest BCUT2D eigenvalue weighted by Crippen LogP contribution is -2.21. The quantitative estimate of drug-likeness (QED) is 0.290. The van der Waals surface area contributed by atoms with E-state index in [0.717, 1.165) is 18.5 Å². The van der Waals surface area contributed by atoms with E-state index in [4.69, 9.17) is 10.8 Å². The fourth-order valence-corrected chi connectivity index (χ4v) is 5.62. The average molecular weight is 588 g/mol. The smallest absolute Gasteiger partial charge is 0.263 e. The number of nitrogen functional groups attached to an aromatic ring is 1. The molecule has 4 heterocycles. The lowest BCUT2D eigenvalue weighted by molar-refractivity contribution is 0.580. The van der Waals surface area contributed by atoms with Gasteiger partial charge in [-0.25, -0.2) is 31.8 Å². The van der Waals surface area contributed by atoms with Crippen molar-refractivity contribution >= 4 is 38.1 Å². The van der Waals surface area contributed by atoms with Crippen LogP contribution >= 0.6 is 0 Å². The first-order valence-corrected chi connectivity index (χ1v) is 14.6. The normalized spacial score (nSPS) is 12.6. The lowest BCUT2D eigenvalue weighted by Gasteiger charge is -2.19. The van der Waals surface area contributed by atoms with Gasteiger partial charge in [0.05, 0.1) is 28.9 Å². The number of nitrogens with zero attached hydrogens (tertiary/aromatic N) is 5. The van der Waals surface area contributed by atoms with Crippen LogP contribution in [-0.2, 0) is 10.0 Å². The molecule has 1 atom stereocenters. The summed E-state index contributed by atoms with van der Waals surface area (Å²) in [5.41, 5.74) is 8.59. The number of pyridine rings is 2. The number of nitrogens with two attached hydrogens (primary N) is 1. The van der Waals surface area contributed by atoms with Gasteiger partial charge in [-0.15, -0.1) is 0 Å². The molecule has 4 aromatic heterocycles. The zero-order chi connectivity index (χ0) is 29.8. The molecule has 0 unspecified atom stereocenters. The Morgan fingerprint density at radius 1 is 0.952 bits per heavy atom. The van der Waals surface area contributed by atoms with Gasteiger partial charge in [0.1, 0.15) is 29.5 Å². The highest BCUT2D eigenvalue weighted by molar-refractivity contribution is 7.92. The van der Waals surface area contributed by atoms with Gasteiger partial charge >= 0.3 is 0 Å². The first-order valence-electron chi connectivity index (χ1n) is 12.7. The van der Waals surface area contributed by atoms with Crippen molar-refractivity contribution in [1.29, 1.82) is 0 Å². The second-order valence-electron chi connectivity index (χ2n) is 9.82. The summed E-state index contributed by atoms with van der Waals surface area (Å²) in [6, 6.07) is 16.6. The molecule has 0 saturated carbocycles. The molecule has 0 radical (unpaired) electrons. The molecule has 0 bridgehead atoms. The van der Waals surface area contributed by atoms with Crippen LogP contribution in [-0.4, -0.2) is 38.8 Å². The monoisotopic (exact) mass is 587 g/mol. The van der Waals surface area contributed by atoms with Gasteiger partial charge in [0, 0.05) is 17.3 Å². The van der Waals surface area contributed by atoms with Crippen molar-refractivity contribution in [1.82, 2.24) is 24.1 Å². The van der Waals surface area contributed by atoms with E-state index in [9.17, 15) is 22.0 Å². The minimum Gasteiger partial charge on any atom is -0.383 e. The van der Waals surface area contributed by atoms with E-state index in [0.29, 0.717) is 33.2 Å². The Hall–Kier alpha value is -5.17. The maximum Gasteiger partial charge on any atom is 0.263 e. The number of hydrogen-bond donors (Lipinski definition) is 2. The van der Waals surface area contributed by atoms with Crippen molar-refractivity contribution in [3.8, 4) is 22.4 Å². The summed E-state index contributed by atoms with van der Waals surface area (Å²) >= 11 is 0. The molecule has 0 aliphatic rings. The van der Waals surface area contributed by atoms with Crippen LogP contribution in [0.1, 0.15) is 18.5 Å². The highest BCUT2D eigenvalue weighted by atomic mass is 32.2. The summed E-state index contributed by atoms with van der Waals surface area (Å²) in [6.07, 6.45) is 3.37. The number of benzene rings is 2. The Balaban J connectivity index is 1.61. The van der Waals surface area contributed by atoms with Crippen LogP contribution in [0.5, 0.6) is 0 Å². The second-order valence-corrected chi connectivity index (χ2v) is 11.6. The van der Waals surface area contributed by atoms with Crippen LogP contribution in [0.3, 0.4) is 0 Å². The van der Waals surface area contributed by atoms with E-state index in [1.54, 1.807) is 35.0 Å². The van der Waals surface area contributed by atoms with E-state index in [-0.39, 0.29) is 22.8 Å². The van der Waals surface area contributed by atoms with Crippen LogP contribution in [0, 0.1) is 11.6 Å². The number of fused-ring (bicyclic) bond motifs is 2. The summed E-state index contributed by atoms with van der Waals surface area (Å²) in [5.74, 6) is -1.18. The van der Waals surface area contributed by atoms with Crippen molar-refractivity contribution in [3.63, 3.8) is 0 Å². The Kier molecular flexibility index (Phi) is 6.45. The molecule has 212 valence electrons. The third-order valence-electron chi connectivity index (χ3n) is 6.84. The number of sulfonamides is 1. The molecule has 3 N–H and O–H groups in total. The SMILES string of the molecule is C[C@@H](c1cc2ccc(F)cn2c(=O)c1-c1ccccc1)n1nc(-c2cc(F)cc(NS(C)(=O)=O)c2)c2c(N)ncnc21. The molecule has 10 nitrogen and oxygen atoms in total. The van der Waals surface area contributed by atoms with Crippen LogP contribution in [0.25, 0.3) is 38.9 Å². The number of hydrogen-bond acceptors (Lipinski definition) is 7. The van der Waals surface area contributed by atoms with Crippen molar-refractivity contribution in [3.05, 3.63) is 107 Å². The van der Waals surface area contributed by atoms with E-state index >= 15 is 0 Å². The Bertz CT molecular complexity index is 2180. The van der Waals surface area contributed by atoms with Gasteiger partial charge in [0.2, 0.25) is 10.0 Å². The number of rotatable bonds is 6. The number of halogens is 2. The molecule has 0 spiro atoms. The summed E-state index contributed by atoms with van der Waals surface area (Å²) in [6.45, 7) is 1.82. The van der Waals surface area contributed by atoms with Gasteiger partial charge < -0.3 is 5.73 Å². The Morgan fingerprint density at radius 2 is 1.71 bits per heavy atom. The molecule has 42 heavy (non-hydrogen) atoms. The van der Waals surface area contributed by atoms with Crippen LogP contribution in [0.2, 0.25) is 0 Å². The van der Waals surface area contributed by atoms with Gasteiger partial charge in [-0.3, -0.25) is 13.9 Å². The fourth-order valence-electron chi connectivity index (χ4n) is 5.08. The average Bonchev–Trinajstić information content (AvgIpc) is 3.33. The summed E-state index contributed by atoms with van der Waals surface area (Å²) in [7, 11) is -3.69. The van der Waals surface area contributed by atoms with Gasteiger partial charge in [0.15, 0.2) is 5.65 Å². The van der Waals surface area contributed by atoms with Crippen molar-refractivity contribution in [2.75, 3.05) is 16.7 Å². The number of aromatic nitrogens is 5. The standard InChI is InChI=1S/C29H23F2N7O3S/c1-16(23-13-22-9-8-19(30)14-37(22)29(39)24(23)17-6-4-3-5-7-17)38-28-25(27(32)33-15-34-28)26(35-38)18-10-20(31)12-21(11-18)36-42(2,40)41/h3-16,36H,1-2H3,(H2,32,33,34)/t16-/m0/s1. The van der Waals surface area contributed by atoms with E-state index < -0.39 is 33.3 Å². The van der Waals surface area contributed by atoms with Gasteiger partial charge in [-0.05, 0) is 54.4 Å². The molecular weight excluding hydrogens is 564 g/mol. The largest absolute Gasteiger partial charge is 0.383 e. The molecule has 0 saturated heterocycles. The molecule has 0 fully saturated rings. The molecule has 0 amide bonds. The predicted octanol–water partition coefficient (Wildman–Crippen LogP) is 4.61. The molecule has 0 aliphatic heterocycles. The van der Waals surface area contributed by atoms with Crippen LogP contribution in [0.4, 0.5) is 20.3 Å². The van der Waals surface area contributed by atoms with Crippen molar-refractivity contribution < 1.29 is 17.2 Å². The second kappa shape index (κ2) is 10.0. The van der Waals surface area contributed by atoms with E-state index in [2.05, 4.69) is 14.7 Å². The number of nitrogens with one attached hydrogen (secondary N) is 1. The molecule has 2 aromatic carbocycles. The third kappa shape index (κ3) is 4.83. The highest BCUT2D eigenvalue weighted by Gasteiger charge is 2.25. The maximum atomic E-state index is 14.7. The summed E-state index contributed by atoms with van der Waals surface area (Å²) in [4.78, 5) is 22.3. The van der Waals surface area contributed by atoms with E-state index in [1.807, 2.05) is 13.0 Å². The van der Waals surface area contributed by atoms with E-state index in [1.165, 1.54) is 35.0 Å². The van der Waals surface area contributed by atoms with Crippen LogP contribution in [0.15, 0.2) is 84.0 Å². The van der Waals surface area contributed by atoms with Crippen LogP contribution < -0.4 is 16.0 Å². The summed E-state index contributed by atoms with van der Waals surface area (Å²) in [5, 5.41) is 5.08. The fraction of sp³-hybridized carbons (Fsp3) is 0.103. The van der Waals surface area contributed by atoms with Gasteiger partial charge in [-0.1, -0.05) is 30.3 Å². The van der Waals surface area contributed by atoms with Gasteiger partial charge in [-0.2, -0.15) is 5.10 Å². The number of anilines is 2. The first-order chi connectivity index (χ1) is 20.0. The lowest BCUT2D eigenvalue weighted by atomic mass is 9.96. The predicted molar refractivity (Wildman–Crippen MR) is 156 cm³/mol. The molecule has 6 aromatic rings. The highest BCUT2D eigenvalue weighted by Crippen LogP contribution is 2.36. The van der Waals surface area contributed by atoms with Crippen molar-refractivity contribution in [2.24, 2.45) is 0 Å². The van der Waals surface area contributed by atoms with Gasteiger partial charge in [0.25, 0.3) is 5.56 Å². The molecular formula is C29H23F2N7O3S. The maximum absolute atomic E-state index is 14.7. The summed E-state index contributed by atoms with van der Waals surface area (Å²) < 4.78 is 57.5. The Labute approximate surface area is 238 Å². The molecule has 0 aliphatic carbocycles. The topological polar surface area (TPSA) is 137 Å². The first kappa shape index (κ1) is 27.0. The zero-order valence-electron chi connectivity index (χ0n) is 22.3. The van der Waals surface area contributed by atoms with Crippen molar-refractivity contribution in [2.45, 2.75) is 13.0 Å². The minimum atomic E-state index is -3.69. The zero-order valence-corrected chi connectivity index (χ0v) is 23.1. The molecule has 13 heteroatoms. The molecule has 6 rings (SSSR count). The third-order valence-corrected chi connectivity index (χ3v) is 7.45. The minimum absolute atomic E-state index is 0.000170.